The molecule has 0 radical (unpaired) electrons. The number of anilines is 1. The summed E-state index contributed by atoms with van der Waals surface area (Å²) < 4.78 is 2.04. The highest BCUT2D eigenvalue weighted by atomic mass is 79.9. The molecule has 2 aromatic heterocycles. The van der Waals surface area contributed by atoms with Crippen LogP contribution >= 0.6 is 27.3 Å². The average Bonchev–Trinajstić information content (AvgIpc) is 2.91. The SMILES string of the molecule is CCCn1ncc(NCCc2cccs2)c(Br)c1=O. The Kier molecular flexibility index (Phi) is 5.15. The minimum Gasteiger partial charge on any atom is -0.382 e. The van der Waals surface area contributed by atoms with Crippen LogP contribution in [-0.4, -0.2) is 16.3 Å². The number of hydrogen-bond acceptors (Lipinski definition) is 4. The number of halogens is 1. The molecule has 1 N–H and O–H groups in total. The van der Waals surface area contributed by atoms with E-state index >= 15 is 0 Å². The van der Waals surface area contributed by atoms with Gasteiger partial charge in [-0.25, -0.2) is 4.68 Å². The summed E-state index contributed by atoms with van der Waals surface area (Å²) in [5.74, 6) is 0. The van der Waals surface area contributed by atoms with E-state index in [0.717, 1.165) is 25.1 Å². The Morgan fingerprint density at radius 3 is 3.05 bits per heavy atom. The molecule has 0 aromatic carbocycles. The lowest BCUT2D eigenvalue weighted by atomic mass is 10.3. The summed E-state index contributed by atoms with van der Waals surface area (Å²) >= 11 is 5.09. The molecule has 0 aliphatic heterocycles. The summed E-state index contributed by atoms with van der Waals surface area (Å²) in [6, 6.07) is 4.16. The maximum absolute atomic E-state index is 12.0. The third kappa shape index (κ3) is 3.67. The van der Waals surface area contributed by atoms with E-state index in [1.54, 1.807) is 17.5 Å². The molecule has 6 heteroatoms. The first-order chi connectivity index (χ1) is 9.22. The van der Waals surface area contributed by atoms with E-state index < -0.39 is 0 Å². The Labute approximate surface area is 124 Å². The fraction of sp³-hybridized carbons (Fsp3) is 0.385. The number of nitrogens with zero attached hydrogens (tertiary/aromatic N) is 2. The Morgan fingerprint density at radius 2 is 2.37 bits per heavy atom. The monoisotopic (exact) mass is 341 g/mol. The highest BCUT2D eigenvalue weighted by Gasteiger charge is 2.07. The molecular weight excluding hydrogens is 326 g/mol. The van der Waals surface area contributed by atoms with Gasteiger partial charge in [0.25, 0.3) is 5.56 Å². The number of aryl methyl sites for hydroxylation is 1. The van der Waals surface area contributed by atoms with Crippen LogP contribution in [0.15, 0.2) is 33.0 Å². The van der Waals surface area contributed by atoms with Gasteiger partial charge in [0, 0.05) is 18.0 Å². The number of hydrogen-bond donors (Lipinski definition) is 1. The van der Waals surface area contributed by atoms with Crippen molar-refractivity contribution in [3.8, 4) is 0 Å². The number of aromatic nitrogens is 2. The van der Waals surface area contributed by atoms with E-state index in [1.807, 2.05) is 13.0 Å². The van der Waals surface area contributed by atoms with Gasteiger partial charge in [-0.3, -0.25) is 4.79 Å². The van der Waals surface area contributed by atoms with Crippen molar-refractivity contribution in [2.24, 2.45) is 0 Å². The lowest BCUT2D eigenvalue weighted by Crippen LogP contribution is -2.24. The van der Waals surface area contributed by atoms with Crippen LogP contribution in [0.1, 0.15) is 18.2 Å². The fourth-order valence-corrected chi connectivity index (χ4v) is 2.89. The van der Waals surface area contributed by atoms with Gasteiger partial charge in [0.1, 0.15) is 4.47 Å². The lowest BCUT2D eigenvalue weighted by molar-refractivity contribution is 0.566. The maximum Gasteiger partial charge on any atom is 0.283 e. The van der Waals surface area contributed by atoms with Gasteiger partial charge in [-0.05, 0) is 40.2 Å². The van der Waals surface area contributed by atoms with Crippen molar-refractivity contribution in [1.29, 1.82) is 0 Å². The largest absolute Gasteiger partial charge is 0.382 e. The predicted molar refractivity (Wildman–Crippen MR) is 83.0 cm³/mol. The standard InChI is InChI=1S/C13H16BrN3OS/c1-2-7-17-13(18)12(14)11(9-16-17)15-6-5-10-4-3-8-19-10/h3-4,8-9,15H,2,5-7H2,1H3. The molecule has 102 valence electrons. The summed E-state index contributed by atoms with van der Waals surface area (Å²) in [6.45, 7) is 3.46. The first-order valence-electron chi connectivity index (χ1n) is 6.24. The van der Waals surface area contributed by atoms with Crippen LogP contribution in [0.3, 0.4) is 0 Å². The van der Waals surface area contributed by atoms with Gasteiger partial charge >= 0.3 is 0 Å². The zero-order valence-corrected chi connectivity index (χ0v) is 13.1. The first kappa shape index (κ1) is 14.3. The van der Waals surface area contributed by atoms with E-state index in [-0.39, 0.29) is 5.56 Å². The van der Waals surface area contributed by atoms with Crippen LogP contribution in [0.5, 0.6) is 0 Å². The summed E-state index contributed by atoms with van der Waals surface area (Å²) in [6.07, 6.45) is 3.54. The molecule has 0 saturated heterocycles. The molecule has 0 bridgehead atoms. The highest BCUT2D eigenvalue weighted by molar-refractivity contribution is 9.10. The molecule has 0 aliphatic rings. The van der Waals surface area contributed by atoms with Gasteiger partial charge in [-0.1, -0.05) is 13.0 Å². The maximum atomic E-state index is 12.0. The van der Waals surface area contributed by atoms with Crippen molar-refractivity contribution >= 4 is 33.0 Å². The van der Waals surface area contributed by atoms with Crippen LogP contribution in [0, 0.1) is 0 Å². The van der Waals surface area contributed by atoms with Crippen LogP contribution < -0.4 is 10.9 Å². The van der Waals surface area contributed by atoms with Gasteiger partial charge in [-0.2, -0.15) is 5.10 Å². The van der Waals surface area contributed by atoms with E-state index in [4.69, 9.17) is 0 Å². The third-order valence-corrected chi connectivity index (χ3v) is 4.39. The molecule has 0 saturated carbocycles. The smallest absolute Gasteiger partial charge is 0.283 e. The average molecular weight is 342 g/mol. The van der Waals surface area contributed by atoms with E-state index in [1.165, 1.54) is 9.56 Å². The van der Waals surface area contributed by atoms with Crippen LogP contribution in [-0.2, 0) is 13.0 Å². The molecule has 0 aliphatic carbocycles. The first-order valence-corrected chi connectivity index (χ1v) is 7.91. The quantitative estimate of drug-likeness (QED) is 0.877. The lowest BCUT2D eigenvalue weighted by Gasteiger charge is -2.09. The predicted octanol–water partition coefficient (Wildman–Crippen LogP) is 3.13. The topological polar surface area (TPSA) is 46.9 Å². The molecule has 0 fully saturated rings. The van der Waals surface area contributed by atoms with Gasteiger partial charge in [0.15, 0.2) is 0 Å². The molecule has 0 spiro atoms. The van der Waals surface area contributed by atoms with E-state index in [9.17, 15) is 4.79 Å². The van der Waals surface area contributed by atoms with Crippen molar-refractivity contribution in [3.05, 3.63) is 43.4 Å². The molecule has 0 amide bonds. The summed E-state index contributed by atoms with van der Waals surface area (Å²) in [5, 5.41) is 9.47. The normalized spacial score (nSPS) is 10.6. The Balaban J connectivity index is 2.01. The van der Waals surface area contributed by atoms with Gasteiger partial charge in [0.2, 0.25) is 0 Å². The molecule has 2 aromatic rings. The minimum absolute atomic E-state index is 0.0806. The van der Waals surface area contributed by atoms with Crippen molar-refractivity contribution < 1.29 is 0 Å². The Bertz CT molecular complexity index is 580. The van der Waals surface area contributed by atoms with Gasteiger partial charge in [0.05, 0.1) is 11.9 Å². The second-order valence-corrected chi connectivity index (χ2v) is 5.98. The van der Waals surface area contributed by atoms with Crippen molar-refractivity contribution in [3.63, 3.8) is 0 Å². The van der Waals surface area contributed by atoms with Gasteiger partial charge < -0.3 is 5.32 Å². The Morgan fingerprint density at radius 1 is 1.53 bits per heavy atom. The summed E-state index contributed by atoms with van der Waals surface area (Å²) in [7, 11) is 0. The Hall–Kier alpha value is -1.14. The second-order valence-electron chi connectivity index (χ2n) is 4.16. The molecule has 0 unspecified atom stereocenters. The molecular formula is C13H16BrN3OS. The number of thiophene rings is 1. The van der Waals surface area contributed by atoms with Crippen molar-refractivity contribution in [2.75, 3.05) is 11.9 Å². The van der Waals surface area contributed by atoms with Crippen LogP contribution in [0.2, 0.25) is 0 Å². The summed E-state index contributed by atoms with van der Waals surface area (Å²) in [5.41, 5.74) is 0.678. The molecule has 4 nitrogen and oxygen atoms in total. The summed E-state index contributed by atoms with van der Waals surface area (Å²) in [4.78, 5) is 13.3. The molecule has 2 rings (SSSR count). The highest BCUT2D eigenvalue weighted by Crippen LogP contribution is 2.16. The fourth-order valence-electron chi connectivity index (χ4n) is 1.73. The molecule has 19 heavy (non-hydrogen) atoms. The van der Waals surface area contributed by atoms with Crippen molar-refractivity contribution in [2.45, 2.75) is 26.3 Å². The van der Waals surface area contributed by atoms with E-state index in [2.05, 4.69) is 37.8 Å². The van der Waals surface area contributed by atoms with Gasteiger partial charge in [-0.15, -0.1) is 11.3 Å². The number of rotatable bonds is 6. The third-order valence-electron chi connectivity index (χ3n) is 2.69. The second kappa shape index (κ2) is 6.86. The van der Waals surface area contributed by atoms with Crippen LogP contribution in [0.4, 0.5) is 5.69 Å². The van der Waals surface area contributed by atoms with Crippen LogP contribution in [0.25, 0.3) is 0 Å². The molecule has 0 atom stereocenters. The molecule has 2 heterocycles. The zero-order valence-electron chi connectivity index (χ0n) is 10.7. The van der Waals surface area contributed by atoms with E-state index in [0.29, 0.717) is 11.0 Å². The number of nitrogens with one attached hydrogen (secondary N) is 1. The van der Waals surface area contributed by atoms with Crippen molar-refractivity contribution in [1.82, 2.24) is 9.78 Å². The minimum atomic E-state index is -0.0806. The zero-order chi connectivity index (χ0) is 13.7.